The van der Waals surface area contributed by atoms with Crippen molar-refractivity contribution in [3.63, 3.8) is 0 Å². The minimum atomic E-state index is -0.391. The average Bonchev–Trinajstić information content (AvgIpc) is 2.34. The number of halogens is 1. The number of rotatable bonds is 0. The Balaban J connectivity index is 2.60. The van der Waals surface area contributed by atoms with Gasteiger partial charge in [0.2, 0.25) is 5.43 Å². The van der Waals surface area contributed by atoms with Gasteiger partial charge in [0.05, 0.1) is 11.0 Å². The first-order valence-corrected chi connectivity index (χ1v) is 5.34. The van der Waals surface area contributed by atoms with Crippen LogP contribution < -0.4 is 5.43 Å². The highest BCUT2D eigenvalue weighted by atomic mass is 35.5. The molecule has 0 atom stereocenters. The fourth-order valence-corrected chi connectivity index (χ4v) is 1.89. The number of hydrogen-bond donors (Lipinski definition) is 0. The van der Waals surface area contributed by atoms with E-state index in [0.29, 0.717) is 11.2 Å². The predicted molar refractivity (Wildman–Crippen MR) is 65.1 cm³/mol. The summed E-state index contributed by atoms with van der Waals surface area (Å²) in [5, 5.41) is 3.78. The molecular weight excluding hydrogens is 240 g/mol. The van der Waals surface area contributed by atoms with Crippen molar-refractivity contribution in [3.05, 3.63) is 39.6 Å². The van der Waals surface area contributed by atoms with Crippen LogP contribution in [-0.4, -0.2) is 19.7 Å². The molecule has 0 aliphatic carbocycles. The molecule has 0 amide bonds. The third kappa shape index (κ3) is 1.47. The highest BCUT2D eigenvalue weighted by Gasteiger charge is 2.10. The van der Waals surface area contributed by atoms with E-state index in [0.717, 1.165) is 5.52 Å². The zero-order valence-electron chi connectivity index (χ0n) is 8.88. The van der Waals surface area contributed by atoms with Crippen molar-refractivity contribution >= 4 is 33.8 Å². The van der Waals surface area contributed by atoms with Crippen LogP contribution in [0.4, 0.5) is 0 Å². The van der Waals surface area contributed by atoms with Crippen molar-refractivity contribution < 1.29 is 0 Å². The number of fused-ring (bicyclic) bond motifs is 2. The summed E-state index contributed by atoms with van der Waals surface area (Å²) in [5.41, 5.74) is 1.67. The second-order valence-electron chi connectivity index (χ2n) is 3.63. The van der Waals surface area contributed by atoms with Crippen LogP contribution in [0.25, 0.3) is 22.2 Å². The lowest BCUT2D eigenvalue weighted by Crippen LogP contribution is -2.14. The van der Waals surface area contributed by atoms with Crippen LogP contribution in [0.15, 0.2) is 29.1 Å². The van der Waals surface area contributed by atoms with Crippen molar-refractivity contribution in [2.75, 3.05) is 0 Å². The second-order valence-corrected chi connectivity index (χ2v) is 3.99. The first-order valence-electron chi connectivity index (χ1n) is 4.96. The van der Waals surface area contributed by atoms with E-state index >= 15 is 0 Å². The summed E-state index contributed by atoms with van der Waals surface area (Å²) in [6.07, 6.45) is 0. The van der Waals surface area contributed by atoms with Gasteiger partial charge < -0.3 is 0 Å². The van der Waals surface area contributed by atoms with E-state index in [2.05, 4.69) is 15.1 Å². The maximum absolute atomic E-state index is 11.8. The van der Waals surface area contributed by atoms with Gasteiger partial charge in [0.25, 0.3) is 0 Å². The lowest BCUT2D eigenvalue weighted by atomic mass is 10.3. The molecule has 0 fully saturated rings. The Morgan fingerprint density at radius 3 is 2.53 bits per heavy atom. The van der Waals surface area contributed by atoms with Crippen LogP contribution in [0, 0.1) is 0 Å². The first-order chi connectivity index (χ1) is 8.16. The quantitative estimate of drug-likeness (QED) is 0.565. The van der Waals surface area contributed by atoms with E-state index < -0.39 is 5.43 Å². The molecule has 17 heavy (non-hydrogen) atoms. The van der Waals surface area contributed by atoms with E-state index in [-0.39, 0.29) is 10.7 Å². The van der Waals surface area contributed by atoms with Gasteiger partial charge in [0, 0.05) is 7.05 Å². The molecule has 0 saturated heterocycles. The number of benzene rings is 1. The summed E-state index contributed by atoms with van der Waals surface area (Å²) in [7, 11) is 1.68. The maximum Gasteiger partial charge on any atom is 0.246 e. The topological polar surface area (TPSA) is 60.7 Å². The summed E-state index contributed by atoms with van der Waals surface area (Å²) < 4.78 is 1.46. The molecule has 2 heterocycles. The van der Waals surface area contributed by atoms with Crippen molar-refractivity contribution in [1.82, 2.24) is 19.7 Å². The standard InChI is InChI=1S/C11H7ClN4O/c1-16-11-8(9(17)10(12)15-16)13-6-4-2-3-5-7(6)14-11/h2-5H,1H3. The fourth-order valence-electron chi connectivity index (χ4n) is 1.69. The summed E-state index contributed by atoms with van der Waals surface area (Å²) in [5.74, 6) is 0. The lowest BCUT2D eigenvalue weighted by molar-refractivity contribution is 0.762. The number of nitrogens with zero attached hydrogens (tertiary/aromatic N) is 4. The average molecular weight is 247 g/mol. The Bertz CT molecular complexity index is 796. The molecule has 0 aliphatic heterocycles. The molecule has 0 N–H and O–H groups in total. The van der Waals surface area contributed by atoms with Gasteiger partial charge >= 0.3 is 0 Å². The first kappa shape index (κ1) is 10.2. The van der Waals surface area contributed by atoms with E-state index in [9.17, 15) is 4.79 Å². The minimum absolute atomic E-state index is 0.0930. The third-order valence-electron chi connectivity index (χ3n) is 2.50. The van der Waals surface area contributed by atoms with Gasteiger partial charge in [-0.3, -0.25) is 4.79 Å². The molecule has 0 aliphatic rings. The van der Waals surface area contributed by atoms with Gasteiger partial charge in [-0.15, -0.1) is 0 Å². The van der Waals surface area contributed by atoms with Gasteiger partial charge in [-0.2, -0.15) is 5.10 Å². The van der Waals surface area contributed by atoms with Crippen molar-refractivity contribution in [1.29, 1.82) is 0 Å². The molecule has 0 unspecified atom stereocenters. The van der Waals surface area contributed by atoms with Gasteiger partial charge in [-0.25, -0.2) is 14.6 Å². The Kier molecular flexibility index (Phi) is 2.09. The smallest absolute Gasteiger partial charge is 0.246 e. The van der Waals surface area contributed by atoms with Crippen LogP contribution in [0.5, 0.6) is 0 Å². The van der Waals surface area contributed by atoms with Crippen molar-refractivity contribution in [3.8, 4) is 0 Å². The molecule has 0 spiro atoms. The molecule has 6 heteroatoms. The highest BCUT2D eigenvalue weighted by molar-refractivity contribution is 6.29. The van der Waals surface area contributed by atoms with Gasteiger partial charge in [-0.05, 0) is 12.1 Å². The normalized spacial score (nSPS) is 11.2. The summed E-state index contributed by atoms with van der Waals surface area (Å²) in [6, 6.07) is 7.34. The predicted octanol–water partition coefficient (Wildman–Crippen LogP) is 1.53. The number of aryl methyl sites for hydroxylation is 1. The number of aromatic nitrogens is 4. The SMILES string of the molecule is Cn1nc(Cl)c(=O)c2nc3ccccc3nc21. The zero-order valence-corrected chi connectivity index (χ0v) is 9.64. The number of para-hydroxylation sites is 2. The Labute approximate surface area is 101 Å². The molecule has 3 rings (SSSR count). The maximum atomic E-state index is 11.8. The van der Waals surface area contributed by atoms with Gasteiger partial charge in [0.15, 0.2) is 16.3 Å². The van der Waals surface area contributed by atoms with Crippen LogP contribution in [-0.2, 0) is 7.05 Å². The van der Waals surface area contributed by atoms with Crippen molar-refractivity contribution in [2.45, 2.75) is 0 Å². The van der Waals surface area contributed by atoms with Crippen LogP contribution in [0.3, 0.4) is 0 Å². The fraction of sp³-hybridized carbons (Fsp3) is 0.0909. The van der Waals surface area contributed by atoms with E-state index in [1.807, 2.05) is 18.2 Å². The Hall–Kier alpha value is -2.01. The van der Waals surface area contributed by atoms with Gasteiger partial charge in [0.1, 0.15) is 0 Å². The second kappa shape index (κ2) is 3.49. The van der Waals surface area contributed by atoms with E-state index in [1.165, 1.54) is 4.68 Å². The number of hydrogen-bond acceptors (Lipinski definition) is 4. The largest absolute Gasteiger partial charge is 0.284 e. The monoisotopic (exact) mass is 246 g/mol. The summed E-state index contributed by atoms with van der Waals surface area (Å²) in [6.45, 7) is 0. The van der Waals surface area contributed by atoms with E-state index in [4.69, 9.17) is 11.6 Å². The highest BCUT2D eigenvalue weighted by Crippen LogP contribution is 2.13. The lowest BCUT2D eigenvalue weighted by Gasteiger charge is -2.04. The molecule has 0 bridgehead atoms. The Morgan fingerprint density at radius 2 is 1.82 bits per heavy atom. The molecule has 0 radical (unpaired) electrons. The van der Waals surface area contributed by atoms with Crippen molar-refractivity contribution in [2.24, 2.45) is 7.05 Å². The van der Waals surface area contributed by atoms with Crippen LogP contribution >= 0.6 is 11.6 Å². The third-order valence-corrected chi connectivity index (χ3v) is 2.75. The van der Waals surface area contributed by atoms with Gasteiger partial charge in [-0.1, -0.05) is 23.7 Å². The molecule has 2 aromatic heterocycles. The van der Waals surface area contributed by atoms with Crippen LogP contribution in [0.2, 0.25) is 5.15 Å². The molecular formula is C11H7ClN4O. The molecule has 3 aromatic rings. The Morgan fingerprint density at radius 1 is 1.18 bits per heavy atom. The molecule has 5 nitrogen and oxygen atoms in total. The summed E-state index contributed by atoms with van der Waals surface area (Å²) in [4.78, 5) is 20.5. The zero-order chi connectivity index (χ0) is 12.0. The molecule has 1 aromatic carbocycles. The molecule has 0 saturated carbocycles. The molecule has 84 valence electrons. The summed E-state index contributed by atoms with van der Waals surface area (Å²) >= 11 is 5.73. The van der Waals surface area contributed by atoms with Crippen LogP contribution in [0.1, 0.15) is 0 Å². The van der Waals surface area contributed by atoms with E-state index in [1.54, 1.807) is 13.1 Å². The minimum Gasteiger partial charge on any atom is -0.284 e.